The number of carbonyl (C=O) groups excluding carboxylic acids is 1. The normalized spacial score (nSPS) is 16.6. The van der Waals surface area contributed by atoms with Crippen LogP contribution in [0.1, 0.15) is 44.2 Å². The first-order valence-electron chi connectivity index (χ1n) is 7.99. The molecule has 0 aliphatic carbocycles. The monoisotopic (exact) mass is 290 g/mol. The lowest BCUT2D eigenvalue weighted by molar-refractivity contribution is -0.109. The Morgan fingerprint density at radius 2 is 2.19 bits per heavy atom. The van der Waals surface area contributed by atoms with Gasteiger partial charge in [0, 0.05) is 12.6 Å². The van der Waals surface area contributed by atoms with Gasteiger partial charge in [-0.15, -0.1) is 0 Å². The van der Waals surface area contributed by atoms with E-state index in [1.54, 1.807) is 0 Å². The largest absolute Gasteiger partial charge is 0.494 e. The van der Waals surface area contributed by atoms with Gasteiger partial charge in [0.1, 0.15) is 5.75 Å². The smallest absolute Gasteiger partial charge is 0.207 e. The molecule has 1 aromatic rings. The fourth-order valence-corrected chi connectivity index (χ4v) is 2.99. The van der Waals surface area contributed by atoms with Crippen LogP contribution >= 0.6 is 0 Å². The number of rotatable bonds is 9. The van der Waals surface area contributed by atoms with E-state index >= 15 is 0 Å². The number of amides is 1. The Labute approximate surface area is 127 Å². The minimum Gasteiger partial charge on any atom is -0.494 e. The molecule has 0 saturated carbocycles. The van der Waals surface area contributed by atoms with Gasteiger partial charge in [0.2, 0.25) is 6.41 Å². The topological polar surface area (TPSA) is 41.6 Å². The minimum absolute atomic E-state index is 0.507. The maximum Gasteiger partial charge on any atom is 0.207 e. The molecule has 0 aromatic heterocycles. The van der Waals surface area contributed by atoms with Crippen LogP contribution in [-0.2, 0) is 4.79 Å². The Morgan fingerprint density at radius 1 is 1.38 bits per heavy atom. The number of benzene rings is 1. The van der Waals surface area contributed by atoms with Crippen molar-refractivity contribution in [3.63, 3.8) is 0 Å². The van der Waals surface area contributed by atoms with Crippen molar-refractivity contribution in [2.24, 2.45) is 0 Å². The van der Waals surface area contributed by atoms with Gasteiger partial charge in [-0.1, -0.05) is 19.1 Å². The summed E-state index contributed by atoms with van der Waals surface area (Å²) in [5, 5.41) is 2.64. The molecule has 1 aromatic carbocycles. The van der Waals surface area contributed by atoms with Gasteiger partial charge in [0.05, 0.1) is 6.61 Å². The van der Waals surface area contributed by atoms with E-state index in [4.69, 9.17) is 4.74 Å². The molecule has 1 saturated heterocycles. The van der Waals surface area contributed by atoms with E-state index in [1.165, 1.54) is 31.5 Å². The van der Waals surface area contributed by atoms with Gasteiger partial charge < -0.3 is 10.1 Å². The molecule has 1 heterocycles. The third kappa shape index (κ3) is 4.74. The van der Waals surface area contributed by atoms with Gasteiger partial charge in [-0.2, -0.15) is 0 Å². The van der Waals surface area contributed by atoms with Gasteiger partial charge in [-0.25, -0.2) is 0 Å². The highest BCUT2D eigenvalue weighted by molar-refractivity contribution is 5.45. The molecular weight excluding hydrogens is 264 g/mol. The molecule has 4 nitrogen and oxygen atoms in total. The second-order valence-electron chi connectivity index (χ2n) is 5.51. The fraction of sp³-hybridized carbons (Fsp3) is 0.588. The average Bonchev–Trinajstić information content (AvgIpc) is 3.02. The summed E-state index contributed by atoms with van der Waals surface area (Å²) in [4.78, 5) is 12.7. The van der Waals surface area contributed by atoms with Crippen LogP contribution in [0.3, 0.4) is 0 Å². The molecule has 1 aliphatic heterocycles. The van der Waals surface area contributed by atoms with Crippen molar-refractivity contribution in [1.82, 2.24) is 10.2 Å². The first kappa shape index (κ1) is 15.8. The molecular formula is C17H26N2O2. The molecule has 1 unspecified atom stereocenters. The minimum atomic E-state index is 0.507. The summed E-state index contributed by atoms with van der Waals surface area (Å²) < 4.78 is 5.78. The Kier molecular flexibility index (Phi) is 6.54. The molecule has 21 heavy (non-hydrogen) atoms. The summed E-state index contributed by atoms with van der Waals surface area (Å²) in [5.41, 5.74) is 1.35. The van der Waals surface area contributed by atoms with Crippen LogP contribution in [0, 0.1) is 0 Å². The lowest BCUT2D eigenvalue weighted by Gasteiger charge is -2.27. The van der Waals surface area contributed by atoms with Crippen LogP contribution in [0.2, 0.25) is 0 Å². The maximum absolute atomic E-state index is 10.2. The third-order valence-electron chi connectivity index (χ3n) is 4.03. The van der Waals surface area contributed by atoms with E-state index in [0.29, 0.717) is 19.2 Å². The Morgan fingerprint density at radius 3 is 2.90 bits per heavy atom. The Balaban J connectivity index is 1.91. The summed E-state index contributed by atoms with van der Waals surface area (Å²) in [6, 6.07) is 8.96. The predicted molar refractivity (Wildman–Crippen MR) is 84.5 cm³/mol. The summed E-state index contributed by atoms with van der Waals surface area (Å²) in [7, 11) is 0. The van der Waals surface area contributed by atoms with E-state index < -0.39 is 0 Å². The van der Waals surface area contributed by atoms with E-state index in [2.05, 4.69) is 35.3 Å². The summed E-state index contributed by atoms with van der Waals surface area (Å²) in [6.45, 7) is 5.96. The molecule has 1 aliphatic rings. The van der Waals surface area contributed by atoms with Gasteiger partial charge in [-0.3, -0.25) is 9.69 Å². The van der Waals surface area contributed by atoms with Crippen LogP contribution < -0.4 is 10.1 Å². The van der Waals surface area contributed by atoms with E-state index in [9.17, 15) is 4.79 Å². The van der Waals surface area contributed by atoms with Gasteiger partial charge in [0.15, 0.2) is 0 Å². The number of ether oxygens (including phenoxy) is 1. The van der Waals surface area contributed by atoms with Gasteiger partial charge >= 0.3 is 0 Å². The van der Waals surface area contributed by atoms with E-state index in [-0.39, 0.29) is 0 Å². The molecule has 0 spiro atoms. The van der Waals surface area contributed by atoms with Crippen LogP contribution in [0.4, 0.5) is 0 Å². The van der Waals surface area contributed by atoms with Crippen molar-refractivity contribution in [3.05, 3.63) is 29.8 Å². The highest BCUT2D eigenvalue weighted by atomic mass is 16.5. The van der Waals surface area contributed by atoms with Crippen LogP contribution in [0.15, 0.2) is 24.3 Å². The van der Waals surface area contributed by atoms with Crippen molar-refractivity contribution >= 4 is 6.41 Å². The van der Waals surface area contributed by atoms with Crippen molar-refractivity contribution in [2.45, 2.75) is 38.6 Å². The van der Waals surface area contributed by atoms with Gasteiger partial charge in [0.25, 0.3) is 0 Å². The molecule has 116 valence electrons. The lowest BCUT2D eigenvalue weighted by atomic mass is 10.0. The zero-order chi connectivity index (χ0) is 14.9. The molecule has 1 N–H and O–H groups in total. The molecule has 1 atom stereocenters. The average molecular weight is 290 g/mol. The molecule has 0 radical (unpaired) electrons. The highest BCUT2D eigenvalue weighted by Gasteiger charge is 2.21. The Bertz CT molecular complexity index is 431. The molecule has 4 heteroatoms. The molecule has 1 fully saturated rings. The molecule has 0 bridgehead atoms. The summed E-state index contributed by atoms with van der Waals surface area (Å²) in [6.07, 6.45) is 5.31. The second kappa shape index (κ2) is 8.67. The zero-order valence-corrected chi connectivity index (χ0v) is 12.9. The molecule has 1 amide bonds. The highest BCUT2D eigenvalue weighted by Crippen LogP contribution is 2.29. The number of nitrogens with one attached hydrogen (secondary N) is 1. The first-order chi connectivity index (χ1) is 10.3. The SMILES string of the molecule is CCC(c1cccc(OCCCNC=O)c1)N1CCCC1. The maximum atomic E-state index is 10.2. The standard InChI is InChI=1S/C17H26N2O2/c1-2-17(19-10-3-4-11-19)15-7-5-8-16(13-15)21-12-6-9-18-14-20/h5,7-8,13-14,17H,2-4,6,9-12H2,1H3,(H,18,20). The first-order valence-corrected chi connectivity index (χ1v) is 7.99. The number of likely N-dealkylation sites (tertiary alicyclic amines) is 1. The van der Waals surface area contributed by atoms with Crippen LogP contribution in [0.25, 0.3) is 0 Å². The third-order valence-corrected chi connectivity index (χ3v) is 4.03. The van der Waals surface area contributed by atoms with Crippen molar-refractivity contribution in [2.75, 3.05) is 26.2 Å². The lowest BCUT2D eigenvalue weighted by Crippen LogP contribution is -2.25. The fourth-order valence-electron chi connectivity index (χ4n) is 2.99. The van der Waals surface area contributed by atoms with Crippen LogP contribution in [-0.4, -0.2) is 37.6 Å². The molecule has 2 rings (SSSR count). The quantitative estimate of drug-likeness (QED) is 0.561. The van der Waals surface area contributed by atoms with Gasteiger partial charge in [-0.05, 0) is 56.5 Å². The summed E-state index contributed by atoms with van der Waals surface area (Å²) >= 11 is 0. The number of nitrogens with zero attached hydrogens (tertiary/aromatic N) is 1. The van der Waals surface area contributed by atoms with E-state index in [1.807, 2.05) is 6.07 Å². The number of carbonyl (C=O) groups is 1. The predicted octanol–water partition coefficient (Wildman–Crippen LogP) is 2.75. The van der Waals surface area contributed by atoms with Crippen LogP contribution in [0.5, 0.6) is 5.75 Å². The van der Waals surface area contributed by atoms with Crippen molar-refractivity contribution in [1.29, 1.82) is 0 Å². The van der Waals surface area contributed by atoms with E-state index in [0.717, 1.165) is 25.0 Å². The van der Waals surface area contributed by atoms with Crippen molar-refractivity contribution in [3.8, 4) is 5.75 Å². The second-order valence-corrected chi connectivity index (χ2v) is 5.51. The number of hydrogen-bond acceptors (Lipinski definition) is 3. The summed E-state index contributed by atoms with van der Waals surface area (Å²) in [5.74, 6) is 0.927. The number of hydrogen-bond donors (Lipinski definition) is 1. The van der Waals surface area contributed by atoms with Crippen molar-refractivity contribution < 1.29 is 9.53 Å². The Hall–Kier alpha value is -1.55. The zero-order valence-electron chi connectivity index (χ0n) is 12.9.